The van der Waals surface area contributed by atoms with Crippen molar-refractivity contribution in [2.75, 3.05) is 0 Å². The highest BCUT2D eigenvalue weighted by molar-refractivity contribution is 5.62. The van der Waals surface area contributed by atoms with E-state index in [1.54, 1.807) is 0 Å². The number of benzene rings is 1. The Labute approximate surface area is 100 Å². The molecule has 1 aromatic rings. The Bertz CT molecular complexity index is 389. The Hall–Kier alpha value is -1.04. The van der Waals surface area contributed by atoms with Crippen molar-refractivity contribution in [1.82, 2.24) is 0 Å². The molecule has 0 saturated carbocycles. The zero-order valence-corrected chi connectivity index (χ0v) is 11.5. The molecule has 0 aliphatic heterocycles. The van der Waals surface area contributed by atoms with Crippen molar-refractivity contribution < 1.29 is 0 Å². The van der Waals surface area contributed by atoms with Crippen LogP contribution in [0.3, 0.4) is 0 Å². The second-order valence-corrected chi connectivity index (χ2v) is 6.24. The van der Waals surface area contributed by atoms with E-state index in [0.717, 1.165) is 5.57 Å². The molecule has 16 heavy (non-hydrogen) atoms. The van der Waals surface area contributed by atoms with Gasteiger partial charge in [-0.1, -0.05) is 71.0 Å². The summed E-state index contributed by atoms with van der Waals surface area (Å²) in [6, 6.07) is 8.75. The second-order valence-electron chi connectivity index (χ2n) is 6.24. The minimum atomic E-state index is 0.165. The average Bonchev–Trinajstić information content (AvgIpc) is 2.16. The molecule has 0 unspecified atom stereocenters. The summed E-state index contributed by atoms with van der Waals surface area (Å²) in [6.45, 7) is 17.6. The van der Waals surface area contributed by atoms with Gasteiger partial charge < -0.3 is 0 Å². The maximum atomic E-state index is 4.01. The minimum Gasteiger partial charge on any atom is -0.0955 e. The molecule has 0 aliphatic carbocycles. The van der Waals surface area contributed by atoms with Crippen LogP contribution in [0.4, 0.5) is 0 Å². The monoisotopic (exact) mass is 216 g/mol. The van der Waals surface area contributed by atoms with Gasteiger partial charge in [0.25, 0.3) is 0 Å². The SMILES string of the molecule is C=C(C)c1cccc(C(C)(C)C(C)(C)C)c1. The van der Waals surface area contributed by atoms with Gasteiger partial charge in [0.1, 0.15) is 0 Å². The zero-order chi connectivity index (χ0) is 12.6. The molecular formula is C16H24. The van der Waals surface area contributed by atoms with E-state index in [9.17, 15) is 0 Å². The third kappa shape index (κ3) is 2.37. The Morgan fingerprint density at radius 2 is 1.62 bits per heavy atom. The summed E-state index contributed by atoms with van der Waals surface area (Å²) < 4.78 is 0. The lowest BCUT2D eigenvalue weighted by Gasteiger charge is -2.39. The number of allylic oxidation sites excluding steroid dienone is 1. The van der Waals surface area contributed by atoms with Crippen LogP contribution in [0.25, 0.3) is 5.57 Å². The lowest BCUT2D eigenvalue weighted by molar-refractivity contribution is 0.225. The minimum absolute atomic E-state index is 0.165. The fraction of sp³-hybridized carbons (Fsp3) is 0.500. The van der Waals surface area contributed by atoms with E-state index in [0.29, 0.717) is 0 Å². The van der Waals surface area contributed by atoms with Crippen LogP contribution in [0.1, 0.15) is 52.7 Å². The van der Waals surface area contributed by atoms with Crippen molar-refractivity contribution in [2.45, 2.75) is 47.0 Å². The van der Waals surface area contributed by atoms with Crippen LogP contribution in [-0.4, -0.2) is 0 Å². The Morgan fingerprint density at radius 3 is 2.06 bits per heavy atom. The third-order valence-corrected chi connectivity index (χ3v) is 3.95. The smallest absolute Gasteiger partial charge is 0.00548 e. The van der Waals surface area contributed by atoms with Crippen LogP contribution in [0.2, 0.25) is 0 Å². The Morgan fingerprint density at radius 1 is 1.06 bits per heavy atom. The van der Waals surface area contributed by atoms with Crippen LogP contribution < -0.4 is 0 Å². The molecule has 0 atom stereocenters. The summed E-state index contributed by atoms with van der Waals surface area (Å²) in [5.41, 5.74) is 4.18. The van der Waals surface area contributed by atoms with E-state index < -0.39 is 0 Å². The van der Waals surface area contributed by atoms with Crippen LogP contribution in [-0.2, 0) is 5.41 Å². The lowest BCUT2D eigenvalue weighted by Crippen LogP contribution is -2.33. The summed E-state index contributed by atoms with van der Waals surface area (Å²) in [7, 11) is 0. The molecule has 0 radical (unpaired) electrons. The highest BCUT2D eigenvalue weighted by Gasteiger charge is 2.34. The van der Waals surface area contributed by atoms with Crippen molar-refractivity contribution in [3.63, 3.8) is 0 Å². The number of hydrogen-bond donors (Lipinski definition) is 0. The van der Waals surface area contributed by atoms with Gasteiger partial charge in [0, 0.05) is 0 Å². The van der Waals surface area contributed by atoms with Crippen molar-refractivity contribution in [1.29, 1.82) is 0 Å². The lowest BCUT2D eigenvalue weighted by atomic mass is 9.65. The maximum absolute atomic E-state index is 4.01. The van der Waals surface area contributed by atoms with E-state index in [4.69, 9.17) is 0 Å². The predicted molar refractivity (Wildman–Crippen MR) is 73.6 cm³/mol. The highest BCUT2D eigenvalue weighted by Crippen LogP contribution is 2.41. The predicted octanol–water partition coefficient (Wildman–Crippen LogP) is 5.04. The molecule has 0 nitrogen and oxygen atoms in total. The van der Waals surface area contributed by atoms with E-state index >= 15 is 0 Å². The first-order valence-corrected chi connectivity index (χ1v) is 5.92. The fourth-order valence-electron chi connectivity index (χ4n) is 1.61. The standard InChI is InChI=1S/C16H24/c1-12(2)13-9-8-10-14(11-13)16(6,7)15(3,4)5/h8-11H,1H2,2-7H3. The van der Waals surface area contributed by atoms with Crippen LogP contribution >= 0.6 is 0 Å². The highest BCUT2D eigenvalue weighted by atomic mass is 14.4. The molecule has 0 bridgehead atoms. The van der Waals surface area contributed by atoms with Gasteiger partial charge in [0.2, 0.25) is 0 Å². The van der Waals surface area contributed by atoms with Crippen molar-refractivity contribution in [3.8, 4) is 0 Å². The molecule has 1 aromatic carbocycles. The maximum Gasteiger partial charge on any atom is -0.00548 e. The van der Waals surface area contributed by atoms with Gasteiger partial charge >= 0.3 is 0 Å². The van der Waals surface area contributed by atoms with E-state index in [-0.39, 0.29) is 10.8 Å². The van der Waals surface area contributed by atoms with Crippen LogP contribution in [0.5, 0.6) is 0 Å². The van der Waals surface area contributed by atoms with Gasteiger partial charge in [-0.15, -0.1) is 0 Å². The van der Waals surface area contributed by atoms with E-state index in [1.165, 1.54) is 11.1 Å². The summed E-state index contributed by atoms with van der Waals surface area (Å²) in [4.78, 5) is 0. The van der Waals surface area contributed by atoms with Crippen LogP contribution in [0, 0.1) is 5.41 Å². The summed E-state index contributed by atoms with van der Waals surface area (Å²) in [5, 5.41) is 0. The van der Waals surface area contributed by atoms with Crippen molar-refractivity contribution in [2.24, 2.45) is 5.41 Å². The average molecular weight is 216 g/mol. The third-order valence-electron chi connectivity index (χ3n) is 3.95. The van der Waals surface area contributed by atoms with E-state index in [2.05, 4.69) is 72.4 Å². The van der Waals surface area contributed by atoms with Gasteiger partial charge in [-0.2, -0.15) is 0 Å². The molecule has 0 spiro atoms. The first kappa shape index (κ1) is 13.0. The second kappa shape index (κ2) is 4.08. The molecule has 88 valence electrons. The fourth-order valence-corrected chi connectivity index (χ4v) is 1.61. The Balaban J connectivity index is 3.24. The first-order chi connectivity index (χ1) is 7.16. The summed E-state index contributed by atoms with van der Waals surface area (Å²) >= 11 is 0. The molecule has 0 aliphatic rings. The van der Waals surface area contributed by atoms with Crippen molar-refractivity contribution in [3.05, 3.63) is 42.0 Å². The largest absolute Gasteiger partial charge is 0.0955 e. The molecule has 0 heterocycles. The van der Waals surface area contributed by atoms with Gasteiger partial charge in [-0.25, -0.2) is 0 Å². The van der Waals surface area contributed by atoms with Gasteiger partial charge in [0.15, 0.2) is 0 Å². The molecule has 0 N–H and O–H groups in total. The summed E-state index contributed by atoms with van der Waals surface area (Å²) in [5.74, 6) is 0. The number of rotatable bonds is 2. The molecule has 0 saturated heterocycles. The van der Waals surface area contributed by atoms with Gasteiger partial charge in [0.05, 0.1) is 0 Å². The number of hydrogen-bond acceptors (Lipinski definition) is 0. The zero-order valence-electron chi connectivity index (χ0n) is 11.5. The Kier molecular flexibility index (Phi) is 3.33. The van der Waals surface area contributed by atoms with Gasteiger partial charge in [-0.05, 0) is 28.9 Å². The normalized spacial score (nSPS) is 12.6. The molecule has 0 heteroatoms. The van der Waals surface area contributed by atoms with Crippen LogP contribution in [0.15, 0.2) is 30.8 Å². The molecule has 0 fully saturated rings. The summed E-state index contributed by atoms with van der Waals surface area (Å²) in [6.07, 6.45) is 0. The molecular weight excluding hydrogens is 192 g/mol. The molecule has 0 aromatic heterocycles. The first-order valence-electron chi connectivity index (χ1n) is 5.92. The molecule has 1 rings (SSSR count). The van der Waals surface area contributed by atoms with Gasteiger partial charge in [-0.3, -0.25) is 0 Å². The quantitative estimate of drug-likeness (QED) is 0.649. The van der Waals surface area contributed by atoms with Crippen molar-refractivity contribution >= 4 is 5.57 Å². The van der Waals surface area contributed by atoms with E-state index in [1.807, 2.05) is 0 Å². The molecule has 0 amide bonds. The topological polar surface area (TPSA) is 0 Å².